The normalized spacial score (nSPS) is 16.0. The first-order valence-corrected chi connectivity index (χ1v) is 7.47. The van der Waals surface area contributed by atoms with Crippen molar-refractivity contribution < 1.29 is 14.5 Å². The highest BCUT2D eigenvalue weighted by Gasteiger charge is 2.30. The minimum Gasteiger partial charge on any atom is -0.326 e. The molecule has 2 aromatic carbocycles. The summed E-state index contributed by atoms with van der Waals surface area (Å²) in [5.74, 6) is -1.32. The Morgan fingerprint density at radius 3 is 2.79 bits per heavy atom. The molecule has 0 saturated heterocycles. The van der Waals surface area contributed by atoms with Gasteiger partial charge in [-0.15, -0.1) is 0 Å². The summed E-state index contributed by atoms with van der Waals surface area (Å²) in [7, 11) is 0. The summed E-state index contributed by atoms with van der Waals surface area (Å²) in [6.45, 7) is 0. The van der Waals surface area contributed by atoms with Crippen LogP contribution in [0.25, 0.3) is 0 Å². The number of amides is 2. The van der Waals surface area contributed by atoms with E-state index in [1.165, 1.54) is 18.2 Å². The molecule has 0 spiro atoms. The zero-order chi connectivity index (χ0) is 17.3. The van der Waals surface area contributed by atoms with Gasteiger partial charge in [-0.05, 0) is 23.8 Å². The number of carbonyl (C=O) groups excluding carboxylic acids is 2. The summed E-state index contributed by atoms with van der Waals surface area (Å²) < 4.78 is 0. The van der Waals surface area contributed by atoms with Gasteiger partial charge in [0.1, 0.15) is 5.02 Å². The van der Waals surface area contributed by atoms with Gasteiger partial charge in [-0.3, -0.25) is 19.7 Å². The number of anilines is 2. The molecule has 0 fully saturated rings. The summed E-state index contributed by atoms with van der Waals surface area (Å²) in [6.07, 6.45) is 0.0124. The Morgan fingerprint density at radius 2 is 2.04 bits per heavy atom. The number of halogens is 1. The van der Waals surface area contributed by atoms with Gasteiger partial charge in [0.15, 0.2) is 0 Å². The van der Waals surface area contributed by atoms with Crippen LogP contribution < -0.4 is 10.6 Å². The largest absolute Gasteiger partial charge is 0.326 e. The van der Waals surface area contributed by atoms with Gasteiger partial charge in [0.2, 0.25) is 11.8 Å². The van der Waals surface area contributed by atoms with E-state index in [9.17, 15) is 19.7 Å². The lowest BCUT2D eigenvalue weighted by atomic mass is 9.90. The van der Waals surface area contributed by atoms with Crippen molar-refractivity contribution in [3.63, 3.8) is 0 Å². The third-order valence-electron chi connectivity index (χ3n) is 3.73. The highest BCUT2D eigenvalue weighted by atomic mass is 35.5. The molecule has 0 radical (unpaired) electrons. The van der Waals surface area contributed by atoms with E-state index in [1.54, 1.807) is 24.3 Å². The number of fused-ring (bicyclic) bond motifs is 1. The van der Waals surface area contributed by atoms with Crippen LogP contribution in [0.1, 0.15) is 17.9 Å². The second-order valence-electron chi connectivity index (χ2n) is 5.30. The first-order chi connectivity index (χ1) is 11.5. The van der Waals surface area contributed by atoms with Gasteiger partial charge in [-0.25, -0.2) is 0 Å². The molecule has 1 aliphatic heterocycles. The van der Waals surface area contributed by atoms with Crippen LogP contribution in [0.5, 0.6) is 0 Å². The van der Waals surface area contributed by atoms with Crippen LogP contribution in [0.15, 0.2) is 42.5 Å². The minimum absolute atomic E-state index is 0.0124. The van der Waals surface area contributed by atoms with E-state index in [0.29, 0.717) is 11.3 Å². The molecule has 0 saturated carbocycles. The van der Waals surface area contributed by atoms with E-state index >= 15 is 0 Å². The molecule has 2 amide bonds. The van der Waals surface area contributed by atoms with E-state index in [0.717, 1.165) is 0 Å². The van der Waals surface area contributed by atoms with Crippen molar-refractivity contribution in [1.29, 1.82) is 0 Å². The Morgan fingerprint density at radius 1 is 1.29 bits per heavy atom. The molecule has 2 N–H and O–H groups in total. The number of nitrogens with zero attached hydrogens (tertiary/aromatic N) is 1. The first-order valence-electron chi connectivity index (χ1n) is 7.09. The van der Waals surface area contributed by atoms with Crippen molar-refractivity contribution in [2.24, 2.45) is 0 Å². The Hall–Kier alpha value is -2.93. The van der Waals surface area contributed by atoms with Crippen LogP contribution in [0.3, 0.4) is 0 Å². The summed E-state index contributed by atoms with van der Waals surface area (Å²) in [6, 6.07) is 11.0. The number of nitro groups is 1. The monoisotopic (exact) mass is 345 g/mol. The van der Waals surface area contributed by atoms with E-state index < -0.39 is 16.7 Å². The highest BCUT2D eigenvalue weighted by molar-refractivity contribution is 6.32. The van der Waals surface area contributed by atoms with E-state index in [-0.39, 0.29) is 28.7 Å². The van der Waals surface area contributed by atoms with Gasteiger partial charge in [-0.2, -0.15) is 0 Å². The van der Waals surface area contributed by atoms with Crippen molar-refractivity contribution >= 4 is 40.5 Å². The number of benzene rings is 2. The fourth-order valence-corrected chi connectivity index (χ4v) is 2.79. The Labute approximate surface area is 141 Å². The third-order valence-corrected chi connectivity index (χ3v) is 4.05. The van der Waals surface area contributed by atoms with Crippen molar-refractivity contribution in [1.82, 2.24) is 0 Å². The van der Waals surface area contributed by atoms with E-state index in [2.05, 4.69) is 10.6 Å². The molecule has 1 aliphatic rings. The number of para-hydroxylation sites is 1. The molecule has 0 aromatic heterocycles. The Bertz CT molecular complexity index is 853. The number of rotatable bonds is 3. The fraction of sp³-hybridized carbons (Fsp3) is 0.125. The average Bonchev–Trinajstić information content (AvgIpc) is 2.55. The molecule has 1 heterocycles. The van der Waals surface area contributed by atoms with Crippen molar-refractivity contribution in [3.05, 3.63) is 63.2 Å². The van der Waals surface area contributed by atoms with Crippen LogP contribution >= 0.6 is 11.6 Å². The Balaban J connectivity index is 1.87. The number of hydrogen-bond donors (Lipinski definition) is 2. The van der Waals surface area contributed by atoms with E-state index in [4.69, 9.17) is 11.6 Å². The maximum absolute atomic E-state index is 12.5. The van der Waals surface area contributed by atoms with Crippen molar-refractivity contribution in [2.45, 2.75) is 12.3 Å². The zero-order valence-electron chi connectivity index (χ0n) is 12.3. The fourth-order valence-electron chi connectivity index (χ4n) is 2.60. The van der Waals surface area contributed by atoms with Gasteiger partial charge < -0.3 is 10.6 Å². The highest BCUT2D eigenvalue weighted by Crippen LogP contribution is 2.33. The molecule has 7 nitrogen and oxygen atoms in total. The summed E-state index contributed by atoms with van der Waals surface area (Å²) in [4.78, 5) is 34.6. The lowest BCUT2D eigenvalue weighted by Crippen LogP contribution is -2.30. The number of nitrogens with one attached hydrogen (secondary N) is 2. The lowest BCUT2D eigenvalue weighted by molar-refractivity contribution is -0.384. The minimum atomic E-state index is -0.662. The van der Waals surface area contributed by atoms with Crippen LogP contribution in [0.2, 0.25) is 5.02 Å². The molecular weight excluding hydrogens is 334 g/mol. The molecule has 122 valence electrons. The van der Waals surface area contributed by atoms with Crippen molar-refractivity contribution in [2.75, 3.05) is 10.6 Å². The van der Waals surface area contributed by atoms with Gasteiger partial charge in [0, 0.05) is 23.9 Å². The predicted octanol–water partition coefficient (Wildman–Crippen LogP) is 3.31. The van der Waals surface area contributed by atoms with Gasteiger partial charge in [0.05, 0.1) is 10.8 Å². The molecule has 0 aliphatic carbocycles. The van der Waals surface area contributed by atoms with Crippen LogP contribution in [0.4, 0.5) is 17.1 Å². The van der Waals surface area contributed by atoms with Crippen molar-refractivity contribution in [3.8, 4) is 0 Å². The standard InChI is InChI=1S/C16H12ClN3O4/c17-12-6-5-9(7-14(12)20(23)24)18-16(22)11-8-15(21)19-13-4-2-1-3-10(11)13/h1-7,11H,8H2,(H,18,22)(H,19,21). The van der Waals surface area contributed by atoms with Crippen LogP contribution in [-0.2, 0) is 9.59 Å². The second kappa shape index (κ2) is 6.29. The summed E-state index contributed by atoms with van der Waals surface area (Å²) >= 11 is 5.76. The topological polar surface area (TPSA) is 101 Å². The molecule has 24 heavy (non-hydrogen) atoms. The molecule has 8 heteroatoms. The molecule has 2 aromatic rings. The smallest absolute Gasteiger partial charge is 0.289 e. The predicted molar refractivity (Wildman–Crippen MR) is 89.2 cm³/mol. The molecule has 1 unspecified atom stereocenters. The summed E-state index contributed by atoms with van der Waals surface area (Å²) in [5.41, 5.74) is 1.25. The third kappa shape index (κ3) is 3.07. The maximum Gasteiger partial charge on any atom is 0.289 e. The zero-order valence-corrected chi connectivity index (χ0v) is 13.0. The van der Waals surface area contributed by atoms with Gasteiger partial charge in [-0.1, -0.05) is 29.8 Å². The first kappa shape index (κ1) is 15.9. The Kier molecular flexibility index (Phi) is 4.18. The number of hydrogen-bond acceptors (Lipinski definition) is 4. The molecular formula is C16H12ClN3O4. The van der Waals surface area contributed by atoms with Crippen LogP contribution in [-0.4, -0.2) is 16.7 Å². The number of nitro benzene ring substituents is 1. The van der Waals surface area contributed by atoms with Crippen LogP contribution in [0, 0.1) is 10.1 Å². The SMILES string of the molecule is O=C1CC(C(=O)Nc2ccc(Cl)c([N+](=O)[O-])c2)c2ccccc2N1. The van der Waals surface area contributed by atoms with Gasteiger partial charge >= 0.3 is 0 Å². The summed E-state index contributed by atoms with van der Waals surface area (Å²) in [5, 5.41) is 16.2. The van der Waals surface area contributed by atoms with E-state index in [1.807, 2.05) is 0 Å². The average molecular weight is 346 g/mol. The maximum atomic E-state index is 12.5. The molecule has 1 atom stereocenters. The molecule has 3 rings (SSSR count). The van der Waals surface area contributed by atoms with Gasteiger partial charge in [0.25, 0.3) is 5.69 Å². The second-order valence-corrected chi connectivity index (χ2v) is 5.71. The lowest BCUT2D eigenvalue weighted by Gasteiger charge is -2.24. The number of carbonyl (C=O) groups is 2. The molecule has 0 bridgehead atoms. The quantitative estimate of drug-likeness (QED) is 0.658.